The number of carboxylic acids is 1. The van der Waals surface area contributed by atoms with E-state index in [9.17, 15) is 28.1 Å². The number of hydrogen-bond donors (Lipinski definition) is 2. The van der Waals surface area contributed by atoms with Crippen molar-refractivity contribution in [3.63, 3.8) is 0 Å². The lowest BCUT2D eigenvalue weighted by molar-refractivity contribution is -0.388. The van der Waals surface area contributed by atoms with Gasteiger partial charge in [-0.05, 0) is 12.1 Å². The van der Waals surface area contributed by atoms with E-state index in [2.05, 4.69) is 5.32 Å². The molecule has 0 aliphatic rings. The Balaban J connectivity index is 0.00000108. The van der Waals surface area contributed by atoms with Gasteiger partial charge in [-0.3, -0.25) is 19.7 Å². The van der Waals surface area contributed by atoms with Crippen molar-refractivity contribution < 1.29 is 32.8 Å². The van der Waals surface area contributed by atoms with E-state index in [1.165, 1.54) is 0 Å². The van der Waals surface area contributed by atoms with Gasteiger partial charge in [0, 0.05) is 24.6 Å². The number of carbonyl (C=O) groups is 2. The molecule has 0 aliphatic heterocycles. The standard InChI is InChI=1S/C11H11F3N2O3.C2H4O2/c1-6(2)10(17)15-7-3-4-9(16(18)19)8(5-7)11(12,13)14;1-2(3)4/h3-6H,1-2H3,(H,15,17);1H3,(H,3,4). The van der Waals surface area contributed by atoms with E-state index in [4.69, 9.17) is 9.90 Å². The summed E-state index contributed by atoms with van der Waals surface area (Å²) in [6.07, 6.45) is -4.86. The van der Waals surface area contributed by atoms with Gasteiger partial charge in [0.15, 0.2) is 0 Å². The molecule has 0 heterocycles. The van der Waals surface area contributed by atoms with Crippen LogP contribution in [0.4, 0.5) is 24.5 Å². The molecule has 0 atom stereocenters. The number of carboxylic acid groups (broad SMARTS) is 1. The number of carbonyl (C=O) groups excluding carboxylic acids is 1. The third-order valence-corrected chi connectivity index (χ3v) is 2.29. The number of nitrogens with zero attached hydrogens (tertiary/aromatic N) is 1. The summed E-state index contributed by atoms with van der Waals surface area (Å²) in [6, 6.07) is 2.34. The van der Waals surface area contributed by atoms with Crippen molar-refractivity contribution in [1.82, 2.24) is 0 Å². The van der Waals surface area contributed by atoms with Crippen molar-refractivity contribution in [1.29, 1.82) is 0 Å². The molecule has 2 N–H and O–H groups in total. The molecule has 1 aromatic carbocycles. The highest BCUT2D eigenvalue weighted by atomic mass is 19.4. The normalized spacial score (nSPS) is 10.6. The molecule has 0 saturated carbocycles. The molecule has 0 aromatic heterocycles. The molecule has 1 rings (SSSR count). The summed E-state index contributed by atoms with van der Waals surface area (Å²) in [6.45, 7) is 4.23. The number of aliphatic carboxylic acids is 1. The van der Waals surface area contributed by atoms with Crippen LogP contribution in [0.2, 0.25) is 0 Å². The fraction of sp³-hybridized carbons (Fsp3) is 0.385. The highest BCUT2D eigenvalue weighted by Crippen LogP contribution is 2.37. The lowest BCUT2D eigenvalue weighted by Gasteiger charge is -2.11. The molecule has 0 fully saturated rings. The number of nitro groups is 1. The second-order valence-corrected chi connectivity index (χ2v) is 4.65. The lowest BCUT2D eigenvalue weighted by atomic mass is 10.1. The van der Waals surface area contributed by atoms with Crippen LogP contribution in [0.1, 0.15) is 26.3 Å². The summed E-state index contributed by atoms with van der Waals surface area (Å²) < 4.78 is 38.0. The van der Waals surface area contributed by atoms with E-state index in [0.717, 1.165) is 19.1 Å². The first kappa shape index (κ1) is 20.3. The first-order valence-corrected chi connectivity index (χ1v) is 6.22. The van der Waals surface area contributed by atoms with Crippen LogP contribution in [0.15, 0.2) is 18.2 Å². The molecular weight excluding hydrogens is 321 g/mol. The molecule has 0 spiro atoms. The summed E-state index contributed by atoms with van der Waals surface area (Å²) in [7, 11) is 0. The second kappa shape index (κ2) is 8.11. The largest absolute Gasteiger partial charge is 0.481 e. The zero-order valence-corrected chi connectivity index (χ0v) is 12.5. The Labute approximate surface area is 129 Å². The summed E-state index contributed by atoms with van der Waals surface area (Å²) >= 11 is 0. The summed E-state index contributed by atoms with van der Waals surface area (Å²) in [5.74, 6) is -1.72. The zero-order valence-electron chi connectivity index (χ0n) is 12.5. The average Bonchev–Trinajstić information content (AvgIpc) is 2.36. The molecular formula is C13H15F3N2O5. The summed E-state index contributed by atoms with van der Waals surface area (Å²) in [5.41, 5.74) is -2.56. The predicted octanol–water partition coefficient (Wildman–Crippen LogP) is 3.30. The molecule has 0 bridgehead atoms. The molecule has 10 heteroatoms. The average molecular weight is 336 g/mol. The Morgan fingerprint density at radius 3 is 2.13 bits per heavy atom. The highest BCUT2D eigenvalue weighted by molar-refractivity contribution is 5.92. The fourth-order valence-corrected chi connectivity index (χ4v) is 1.29. The van der Waals surface area contributed by atoms with Crippen LogP contribution in [-0.2, 0) is 15.8 Å². The Morgan fingerprint density at radius 2 is 1.78 bits per heavy atom. The van der Waals surface area contributed by atoms with Crippen LogP contribution in [0.25, 0.3) is 0 Å². The maximum absolute atomic E-state index is 12.7. The van der Waals surface area contributed by atoms with Gasteiger partial charge in [0.05, 0.1) is 4.92 Å². The number of nitro benzene ring substituents is 1. The van der Waals surface area contributed by atoms with Crippen molar-refractivity contribution in [2.75, 3.05) is 5.32 Å². The number of halogens is 3. The van der Waals surface area contributed by atoms with Gasteiger partial charge in [0.2, 0.25) is 5.91 Å². The van der Waals surface area contributed by atoms with Gasteiger partial charge in [-0.15, -0.1) is 0 Å². The van der Waals surface area contributed by atoms with Crippen LogP contribution in [0.5, 0.6) is 0 Å². The lowest BCUT2D eigenvalue weighted by Crippen LogP contribution is -2.18. The van der Waals surface area contributed by atoms with Gasteiger partial charge in [0.25, 0.3) is 11.7 Å². The van der Waals surface area contributed by atoms with Crippen LogP contribution in [0, 0.1) is 16.0 Å². The monoisotopic (exact) mass is 336 g/mol. The van der Waals surface area contributed by atoms with E-state index in [1.807, 2.05) is 0 Å². The number of rotatable bonds is 3. The van der Waals surface area contributed by atoms with Gasteiger partial charge in [0.1, 0.15) is 5.56 Å². The van der Waals surface area contributed by atoms with Crippen LogP contribution in [-0.4, -0.2) is 21.9 Å². The van der Waals surface area contributed by atoms with Crippen LogP contribution < -0.4 is 5.32 Å². The van der Waals surface area contributed by atoms with Crippen molar-refractivity contribution in [2.24, 2.45) is 5.92 Å². The smallest absolute Gasteiger partial charge is 0.423 e. The molecule has 0 saturated heterocycles. The van der Waals surface area contributed by atoms with Crippen molar-refractivity contribution in [2.45, 2.75) is 26.9 Å². The van der Waals surface area contributed by atoms with E-state index < -0.39 is 40.1 Å². The van der Waals surface area contributed by atoms with E-state index >= 15 is 0 Å². The van der Waals surface area contributed by atoms with Crippen molar-refractivity contribution in [3.05, 3.63) is 33.9 Å². The number of amides is 1. The molecule has 1 amide bonds. The first-order valence-electron chi connectivity index (χ1n) is 6.22. The molecule has 1 aromatic rings. The maximum Gasteiger partial charge on any atom is 0.423 e. The van der Waals surface area contributed by atoms with Crippen molar-refractivity contribution in [3.8, 4) is 0 Å². The van der Waals surface area contributed by atoms with Gasteiger partial charge >= 0.3 is 6.18 Å². The van der Waals surface area contributed by atoms with Gasteiger partial charge < -0.3 is 10.4 Å². The zero-order chi connectivity index (χ0) is 18.4. The van der Waals surface area contributed by atoms with E-state index in [1.54, 1.807) is 13.8 Å². The van der Waals surface area contributed by atoms with E-state index in [-0.39, 0.29) is 5.69 Å². The predicted molar refractivity (Wildman–Crippen MR) is 74.9 cm³/mol. The Morgan fingerprint density at radius 1 is 1.30 bits per heavy atom. The number of benzene rings is 1. The fourth-order valence-electron chi connectivity index (χ4n) is 1.29. The quantitative estimate of drug-likeness (QED) is 0.650. The maximum atomic E-state index is 12.7. The van der Waals surface area contributed by atoms with Gasteiger partial charge in [-0.1, -0.05) is 13.8 Å². The number of anilines is 1. The minimum absolute atomic E-state index is 0.128. The topological polar surface area (TPSA) is 110 Å². The first-order chi connectivity index (χ1) is 10.4. The minimum atomic E-state index is -4.86. The summed E-state index contributed by atoms with van der Waals surface area (Å²) in [5, 5.41) is 20.2. The van der Waals surface area contributed by atoms with Gasteiger partial charge in [-0.25, -0.2) is 0 Å². The second-order valence-electron chi connectivity index (χ2n) is 4.65. The van der Waals surface area contributed by atoms with Gasteiger partial charge in [-0.2, -0.15) is 13.2 Å². The molecule has 0 unspecified atom stereocenters. The van der Waals surface area contributed by atoms with E-state index in [0.29, 0.717) is 6.07 Å². The van der Waals surface area contributed by atoms with Crippen LogP contribution in [0.3, 0.4) is 0 Å². The Kier molecular flexibility index (Phi) is 7.17. The Bertz CT molecular complexity index is 596. The molecule has 7 nitrogen and oxygen atoms in total. The number of nitrogens with one attached hydrogen (secondary N) is 1. The van der Waals surface area contributed by atoms with Crippen molar-refractivity contribution >= 4 is 23.3 Å². The molecule has 23 heavy (non-hydrogen) atoms. The highest BCUT2D eigenvalue weighted by Gasteiger charge is 2.38. The molecule has 0 aliphatic carbocycles. The third-order valence-electron chi connectivity index (χ3n) is 2.29. The number of hydrogen-bond acceptors (Lipinski definition) is 4. The molecule has 128 valence electrons. The SMILES string of the molecule is CC(=O)O.CC(C)C(=O)Nc1ccc([N+](=O)[O-])c(C(F)(F)F)c1. The van der Waals surface area contributed by atoms with Crippen LogP contribution >= 0.6 is 0 Å². The third kappa shape index (κ3) is 7.25. The summed E-state index contributed by atoms with van der Waals surface area (Å²) in [4.78, 5) is 29.8. The number of alkyl halides is 3. The molecule has 0 radical (unpaired) electrons. The minimum Gasteiger partial charge on any atom is -0.481 e. The Hall–Kier alpha value is -2.65.